The quantitative estimate of drug-likeness (QED) is 0.316. The fraction of sp³-hybridized carbons (Fsp3) is 0.0769. The van der Waals surface area contributed by atoms with E-state index in [1.807, 2.05) is 26.0 Å². The van der Waals surface area contributed by atoms with E-state index in [0.29, 0.717) is 16.7 Å². The minimum Gasteiger partial charge on any atom is -0.423 e. The standard InChI is InChI=1S/C13H11BF2O2.C13H10F2/c1-8-2-4-9(5-3-8)10-6-7-11(14(17)18)13(16)12(10)15;1-9-5-7-10(8-6-9)11-3-2-4-12(14)13(11)15/h2-7,17-18H,1H3;2-8H,1H3. The van der Waals surface area contributed by atoms with Crippen LogP contribution in [0.25, 0.3) is 22.3 Å². The summed E-state index contributed by atoms with van der Waals surface area (Å²) in [5.74, 6) is -3.91. The Morgan fingerprint density at radius 1 is 0.545 bits per heavy atom. The maximum atomic E-state index is 13.8. The molecule has 0 bridgehead atoms. The van der Waals surface area contributed by atoms with Gasteiger partial charge in [0, 0.05) is 16.6 Å². The minimum absolute atomic E-state index is 0.0944. The van der Waals surface area contributed by atoms with Crippen molar-refractivity contribution in [3.05, 3.63) is 113 Å². The summed E-state index contributed by atoms with van der Waals surface area (Å²) in [6, 6.07) is 21.0. The van der Waals surface area contributed by atoms with E-state index in [0.717, 1.165) is 23.3 Å². The van der Waals surface area contributed by atoms with Gasteiger partial charge in [-0.2, -0.15) is 0 Å². The number of rotatable bonds is 3. The molecule has 0 aliphatic heterocycles. The third kappa shape index (κ3) is 5.69. The summed E-state index contributed by atoms with van der Waals surface area (Å²) in [5, 5.41) is 17.8. The Morgan fingerprint density at radius 3 is 1.52 bits per heavy atom. The molecule has 0 spiro atoms. The molecule has 0 heterocycles. The summed E-state index contributed by atoms with van der Waals surface area (Å²) < 4.78 is 53.8. The molecule has 33 heavy (non-hydrogen) atoms. The van der Waals surface area contributed by atoms with Crippen molar-refractivity contribution in [3.8, 4) is 22.3 Å². The van der Waals surface area contributed by atoms with Crippen LogP contribution in [0.4, 0.5) is 17.6 Å². The SMILES string of the molecule is Cc1ccc(-c2ccc(B(O)O)c(F)c2F)cc1.Cc1ccc(-c2cccc(F)c2F)cc1. The predicted octanol–water partition coefficient (Wildman–Crippen LogP) is 5.56. The van der Waals surface area contributed by atoms with E-state index < -0.39 is 35.9 Å². The first-order valence-corrected chi connectivity index (χ1v) is 10.1. The third-order valence-electron chi connectivity index (χ3n) is 5.07. The largest absolute Gasteiger partial charge is 0.491 e. The Hall–Kier alpha value is -3.42. The van der Waals surface area contributed by atoms with Crippen LogP contribution < -0.4 is 5.46 Å². The molecule has 0 saturated carbocycles. The number of hydrogen-bond donors (Lipinski definition) is 2. The van der Waals surface area contributed by atoms with Crippen molar-refractivity contribution in [2.75, 3.05) is 0 Å². The molecule has 0 aromatic heterocycles. The van der Waals surface area contributed by atoms with Crippen LogP contribution in [0, 0.1) is 37.1 Å². The van der Waals surface area contributed by atoms with Gasteiger partial charge in [-0.15, -0.1) is 0 Å². The maximum absolute atomic E-state index is 13.8. The summed E-state index contributed by atoms with van der Waals surface area (Å²) in [5.41, 5.74) is 3.27. The van der Waals surface area contributed by atoms with Gasteiger partial charge < -0.3 is 10.0 Å². The molecule has 2 nitrogen and oxygen atoms in total. The van der Waals surface area contributed by atoms with Crippen molar-refractivity contribution in [1.82, 2.24) is 0 Å². The monoisotopic (exact) mass is 452 g/mol. The van der Waals surface area contributed by atoms with Gasteiger partial charge in [-0.1, -0.05) is 83.9 Å². The highest BCUT2D eigenvalue weighted by Gasteiger charge is 2.22. The Bertz CT molecular complexity index is 1240. The summed E-state index contributed by atoms with van der Waals surface area (Å²) in [4.78, 5) is 0. The molecule has 7 heteroatoms. The lowest BCUT2D eigenvalue weighted by Crippen LogP contribution is -2.33. The lowest BCUT2D eigenvalue weighted by Gasteiger charge is -2.08. The molecule has 0 radical (unpaired) electrons. The van der Waals surface area contributed by atoms with Crippen LogP contribution in [0.3, 0.4) is 0 Å². The van der Waals surface area contributed by atoms with Crippen molar-refractivity contribution in [1.29, 1.82) is 0 Å². The molecule has 4 aromatic carbocycles. The summed E-state index contributed by atoms with van der Waals surface area (Å²) >= 11 is 0. The molecule has 0 fully saturated rings. The Kier molecular flexibility index (Phi) is 7.69. The predicted molar refractivity (Wildman–Crippen MR) is 123 cm³/mol. The smallest absolute Gasteiger partial charge is 0.423 e. The molecule has 0 amide bonds. The molecular formula is C26H21BF4O2. The van der Waals surface area contributed by atoms with Gasteiger partial charge in [0.15, 0.2) is 23.3 Å². The van der Waals surface area contributed by atoms with Gasteiger partial charge in [-0.05, 0) is 31.0 Å². The van der Waals surface area contributed by atoms with Crippen molar-refractivity contribution < 1.29 is 27.6 Å². The molecule has 0 aliphatic rings. The van der Waals surface area contributed by atoms with E-state index >= 15 is 0 Å². The Balaban J connectivity index is 0.000000189. The summed E-state index contributed by atoms with van der Waals surface area (Å²) in [6.45, 7) is 3.84. The fourth-order valence-corrected chi connectivity index (χ4v) is 3.18. The Morgan fingerprint density at radius 2 is 1.03 bits per heavy atom. The zero-order valence-corrected chi connectivity index (χ0v) is 18.0. The summed E-state index contributed by atoms with van der Waals surface area (Å²) in [7, 11) is -2.02. The molecule has 0 unspecified atom stereocenters. The van der Waals surface area contributed by atoms with Crippen LogP contribution in [-0.4, -0.2) is 17.2 Å². The van der Waals surface area contributed by atoms with Crippen molar-refractivity contribution >= 4 is 12.6 Å². The highest BCUT2D eigenvalue weighted by molar-refractivity contribution is 6.58. The molecular weight excluding hydrogens is 431 g/mol. The molecule has 2 N–H and O–H groups in total. The van der Waals surface area contributed by atoms with Crippen LogP contribution in [0.5, 0.6) is 0 Å². The molecule has 0 aliphatic carbocycles. The highest BCUT2D eigenvalue weighted by atomic mass is 19.2. The van der Waals surface area contributed by atoms with Crippen molar-refractivity contribution in [2.24, 2.45) is 0 Å². The molecule has 4 rings (SSSR count). The second kappa shape index (κ2) is 10.5. The van der Waals surface area contributed by atoms with E-state index in [1.54, 1.807) is 42.5 Å². The molecule has 168 valence electrons. The number of aryl methyl sites for hydroxylation is 2. The third-order valence-corrected chi connectivity index (χ3v) is 5.07. The second-order valence-corrected chi connectivity index (χ2v) is 7.54. The van der Waals surface area contributed by atoms with Crippen LogP contribution in [0.2, 0.25) is 0 Å². The van der Waals surface area contributed by atoms with Gasteiger partial charge >= 0.3 is 7.12 Å². The van der Waals surface area contributed by atoms with E-state index in [2.05, 4.69) is 0 Å². The van der Waals surface area contributed by atoms with Crippen LogP contribution in [0.15, 0.2) is 78.9 Å². The second-order valence-electron chi connectivity index (χ2n) is 7.54. The number of halogens is 4. The zero-order valence-electron chi connectivity index (χ0n) is 18.0. The van der Waals surface area contributed by atoms with E-state index in [9.17, 15) is 17.6 Å². The van der Waals surface area contributed by atoms with Gasteiger partial charge in [-0.25, -0.2) is 17.6 Å². The highest BCUT2D eigenvalue weighted by Crippen LogP contribution is 2.25. The van der Waals surface area contributed by atoms with E-state index in [4.69, 9.17) is 10.0 Å². The van der Waals surface area contributed by atoms with Crippen molar-refractivity contribution in [2.45, 2.75) is 13.8 Å². The maximum Gasteiger partial charge on any atom is 0.491 e. The molecule has 0 atom stereocenters. The van der Waals surface area contributed by atoms with Crippen LogP contribution in [0.1, 0.15) is 11.1 Å². The van der Waals surface area contributed by atoms with E-state index in [-0.39, 0.29) is 5.56 Å². The zero-order chi connectivity index (χ0) is 24.1. The van der Waals surface area contributed by atoms with Gasteiger partial charge in [0.05, 0.1) is 0 Å². The van der Waals surface area contributed by atoms with E-state index in [1.165, 1.54) is 12.1 Å². The Labute approximate surface area is 189 Å². The first-order valence-electron chi connectivity index (χ1n) is 10.1. The van der Waals surface area contributed by atoms with Crippen molar-refractivity contribution in [3.63, 3.8) is 0 Å². The lowest BCUT2D eigenvalue weighted by molar-refractivity contribution is 0.420. The van der Waals surface area contributed by atoms with Gasteiger partial charge in [-0.3, -0.25) is 0 Å². The number of benzene rings is 4. The molecule has 0 saturated heterocycles. The number of hydrogen-bond acceptors (Lipinski definition) is 2. The minimum atomic E-state index is -2.02. The lowest BCUT2D eigenvalue weighted by atomic mass is 9.79. The van der Waals surface area contributed by atoms with Crippen LogP contribution in [-0.2, 0) is 0 Å². The normalized spacial score (nSPS) is 10.4. The molecule has 4 aromatic rings. The average molecular weight is 452 g/mol. The van der Waals surface area contributed by atoms with Crippen LogP contribution >= 0.6 is 0 Å². The first-order chi connectivity index (χ1) is 15.7. The van der Waals surface area contributed by atoms with Gasteiger partial charge in [0.25, 0.3) is 0 Å². The topological polar surface area (TPSA) is 40.5 Å². The average Bonchev–Trinajstić information content (AvgIpc) is 2.79. The first kappa shape index (κ1) is 24.2. The van der Waals surface area contributed by atoms with Gasteiger partial charge in [0.1, 0.15) is 0 Å². The fourth-order valence-electron chi connectivity index (χ4n) is 3.18. The van der Waals surface area contributed by atoms with Gasteiger partial charge in [0.2, 0.25) is 0 Å². The summed E-state index contributed by atoms with van der Waals surface area (Å²) in [6.07, 6.45) is 0.